The van der Waals surface area contributed by atoms with Crippen LogP contribution in [0.1, 0.15) is 40.7 Å². The Labute approximate surface area is 208 Å². The van der Waals surface area contributed by atoms with Crippen LogP contribution in [0.25, 0.3) is 11.1 Å². The number of halogens is 1. The minimum absolute atomic E-state index is 0.0906. The Hall–Kier alpha value is -3.84. The van der Waals surface area contributed by atoms with Gasteiger partial charge in [-0.15, -0.1) is 0 Å². The summed E-state index contributed by atoms with van der Waals surface area (Å²) in [7, 11) is 1.43. The van der Waals surface area contributed by atoms with Crippen LogP contribution in [-0.4, -0.2) is 47.7 Å². The van der Waals surface area contributed by atoms with E-state index >= 15 is 0 Å². The number of hydrogen-bond donors (Lipinski definition) is 2. The molecule has 2 N–H and O–H groups in total. The number of fused-ring (bicyclic) bond motifs is 3. The summed E-state index contributed by atoms with van der Waals surface area (Å²) in [6, 6.07) is 19.5. The summed E-state index contributed by atoms with van der Waals surface area (Å²) < 4.78 is 5.55. The highest BCUT2D eigenvalue weighted by Gasteiger charge is 2.29. The van der Waals surface area contributed by atoms with Crippen molar-refractivity contribution in [1.82, 2.24) is 4.90 Å². The number of hydrogen-bond acceptors (Lipinski definition) is 4. The number of rotatable bonds is 7. The molecule has 7 nitrogen and oxygen atoms in total. The van der Waals surface area contributed by atoms with Crippen LogP contribution in [0.15, 0.2) is 66.7 Å². The molecule has 2 amide bonds. The maximum absolute atomic E-state index is 12.8. The van der Waals surface area contributed by atoms with E-state index in [0.717, 1.165) is 27.2 Å². The van der Waals surface area contributed by atoms with Gasteiger partial charge in [0.2, 0.25) is 0 Å². The molecule has 4 rings (SSSR count). The predicted molar refractivity (Wildman–Crippen MR) is 134 cm³/mol. The van der Waals surface area contributed by atoms with E-state index in [-0.39, 0.29) is 35.2 Å². The van der Waals surface area contributed by atoms with Crippen molar-refractivity contribution in [2.75, 3.05) is 19.0 Å². The zero-order valence-corrected chi connectivity index (χ0v) is 20.1. The van der Waals surface area contributed by atoms with Crippen LogP contribution in [0.2, 0.25) is 5.02 Å². The SMILES string of the molecule is CCC(C(=O)O)N(C)C(=O)c1ccc(Cl)c(NC(=O)OCC2c3ccccc3-c3ccccc32)c1. The molecule has 0 saturated carbocycles. The van der Waals surface area contributed by atoms with Gasteiger partial charge in [0.1, 0.15) is 12.6 Å². The second kappa shape index (κ2) is 10.2. The number of likely N-dealkylation sites (N-methyl/N-ethyl adjacent to an activating group) is 1. The number of carboxylic acids is 1. The number of benzene rings is 3. The molecule has 0 saturated heterocycles. The Balaban J connectivity index is 1.47. The minimum atomic E-state index is -1.09. The molecule has 0 aromatic heterocycles. The fourth-order valence-electron chi connectivity index (χ4n) is 4.46. The molecule has 0 aliphatic heterocycles. The van der Waals surface area contributed by atoms with Crippen molar-refractivity contribution in [3.63, 3.8) is 0 Å². The standard InChI is InChI=1S/C27H25ClN2O5/c1-3-24(26(32)33)30(2)25(31)16-12-13-22(28)23(14-16)29-27(34)35-15-21-19-10-6-4-8-17(19)18-9-5-7-11-20(18)21/h4-14,21,24H,3,15H2,1-2H3,(H,29,34)(H,32,33). The second-order valence-corrected chi connectivity index (χ2v) is 8.73. The molecule has 8 heteroatoms. The highest BCUT2D eigenvalue weighted by Crippen LogP contribution is 2.44. The maximum Gasteiger partial charge on any atom is 0.411 e. The maximum atomic E-state index is 12.8. The van der Waals surface area contributed by atoms with Gasteiger partial charge < -0.3 is 14.7 Å². The van der Waals surface area contributed by atoms with Crippen molar-refractivity contribution in [3.8, 4) is 11.1 Å². The summed E-state index contributed by atoms with van der Waals surface area (Å²) in [6.07, 6.45) is -0.445. The number of nitrogens with zero attached hydrogens (tertiary/aromatic N) is 1. The number of carboxylic acid groups (broad SMARTS) is 1. The van der Waals surface area contributed by atoms with Gasteiger partial charge in [0.15, 0.2) is 0 Å². The third-order valence-corrected chi connectivity index (χ3v) is 6.58. The molecular formula is C27H25ClN2O5. The summed E-state index contributed by atoms with van der Waals surface area (Å²) in [5.41, 5.74) is 4.85. The van der Waals surface area contributed by atoms with Gasteiger partial charge in [-0.1, -0.05) is 67.1 Å². The zero-order chi connectivity index (χ0) is 25.1. The summed E-state index contributed by atoms with van der Waals surface area (Å²) in [6.45, 7) is 1.82. The number of amides is 2. The number of anilines is 1. The van der Waals surface area contributed by atoms with Crippen molar-refractivity contribution in [2.24, 2.45) is 0 Å². The molecule has 1 aliphatic carbocycles. The number of ether oxygens (including phenoxy) is 1. The van der Waals surface area contributed by atoms with Gasteiger partial charge in [-0.3, -0.25) is 10.1 Å². The summed E-state index contributed by atoms with van der Waals surface area (Å²) in [4.78, 5) is 38.0. The van der Waals surface area contributed by atoms with Gasteiger partial charge in [-0.25, -0.2) is 9.59 Å². The molecule has 1 atom stereocenters. The smallest absolute Gasteiger partial charge is 0.411 e. The lowest BCUT2D eigenvalue weighted by atomic mass is 9.98. The van der Waals surface area contributed by atoms with E-state index in [1.165, 1.54) is 25.2 Å². The van der Waals surface area contributed by atoms with Crippen molar-refractivity contribution in [2.45, 2.75) is 25.3 Å². The fraction of sp³-hybridized carbons (Fsp3) is 0.222. The van der Waals surface area contributed by atoms with E-state index in [0.29, 0.717) is 0 Å². The zero-order valence-electron chi connectivity index (χ0n) is 19.3. The van der Waals surface area contributed by atoms with Crippen LogP contribution < -0.4 is 5.32 Å². The quantitative estimate of drug-likeness (QED) is 0.445. The van der Waals surface area contributed by atoms with E-state index in [1.54, 1.807) is 6.92 Å². The molecule has 1 aliphatic rings. The molecule has 0 bridgehead atoms. The Morgan fingerprint density at radius 3 is 2.20 bits per heavy atom. The number of carbonyl (C=O) groups is 3. The van der Waals surface area contributed by atoms with Crippen molar-refractivity contribution in [3.05, 3.63) is 88.4 Å². The van der Waals surface area contributed by atoms with Gasteiger partial charge in [0.05, 0.1) is 10.7 Å². The Kier molecular flexibility index (Phi) is 7.07. The Morgan fingerprint density at radius 1 is 1.03 bits per heavy atom. The lowest BCUT2D eigenvalue weighted by Gasteiger charge is -2.24. The normalized spacial score (nSPS) is 12.9. The van der Waals surface area contributed by atoms with Gasteiger partial charge in [-0.05, 0) is 46.9 Å². The fourth-order valence-corrected chi connectivity index (χ4v) is 4.62. The summed E-state index contributed by atoms with van der Waals surface area (Å²) in [5, 5.41) is 12.2. The Bertz CT molecular complexity index is 1250. The van der Waals surface area contributed by atoms with Gasteiger partial charge in [-0.2, -0.15) is 0 Å². The van der Waals surface area contributed by atoms with Crippen LogP contribution in [0.3, 0.4) is 0 Å². The molecule has 1 unspecified atom stereocenters. The van der Waals surface area contributed by atoms with Crippen LogP contribution >= 0.6 is 11.6 Å². The van der Waals surface area contributed by atoms with Crippen molar-refractivity contribution >= 4 is 35.3 Å². The van der Waals surface area contributed by atoms with Gasteiger partial charge in [0, 0.05) is 18.5 Å². The average Bonchev–Trinajstić information content (AvgIpc) is 3.17. The second-order valence-electron chi connectivity index (χ2n) is 8.32. The molecule has 0 spiro atoms. The summed E-state index contributed by atoms with van der Waals surface area (Å²) in [5.74, 6) is -1.67. The highest BCUT2D eigenvalue weighted by molar-refractivity contribution is 6.33. The van der Waals surface area contributed by atoms with E-state index in [9.17, 15) is 19.5 Å². The average molecular weight is 493 g/mol. The molecule has 35 heavy (non-hydrogen) atoms. The largest absolute Gasteiger partial charge is 0.480 e. The number of aliphatic carboxylic acids is 1. The Morgan fingerprint density at radius 2 is 1.63 bits per heavy atom. The minimum Gasteiger partial charge on any atom is -0.480 e. The van der Waals surface area contributed by atoms with Crippen molar-refractivity contribution < 1.29 is 24.2 Å². The van der Waals surface area contributed by atoms with Gasteiger partial charge in [0.25, 0.3) is 5.91 Å². The molecule has 3 aromatic carbocycles. The third kappa shape index (κ3) is 4.86. The number of nitrogens with one attached hydrogen (secondary N) is 1. The highest BCUT2D eigenvalue weighted by atomic mass is 35.5. The molecule has 0 heterocycles. The van der Waals surface area contributed by atoms with E-state index in [1.807, 2.05) is 36.4 Å². The third-order valence-electron chi connectivity index (χ3n) is 6.25. The van der Waals surface area contributed by atoms with Crippen LogP contribution in [-0.2, 0) is 9.53 Å². The molecule has 180 valence electrons. The van der Waals surface area contributed by atoms with Gasteiger partial charge >= 0.3 is 12.1 Å². The van der Waals surface area contributed by atoms with Crippen LogP contribution in [0.4, 0.5) is 10.5 Å². The summed E-state index contributed by atoms with van der Waals surface area (Å²) >= 11 is 6.24. The van der Waals surface area contributed by atoms with Crippen LogP contribution in [0.5, 0.6) is 0 Å². The van der Waals surface area contributed by atoms with Crippen LogP contribution in [0, 0.1) is 0 Å². The molecule has 3 aromatic rings. The van der Waals surface area contributed by atoms with E-state index in [4.69, 9.17) is 16.3 Å². The lowest BCUT2D eigenvalue weighted by Crippen LogP contribution is -2.42. The first-order valence-electron chi connectivity index (χ1n) is 11.2. The first kappa shape index (κ1) is 24.3. The van der Waals surface area contributed by atoms with E-state index < -0.39 is 24.0 Å². The molecule has 0 fully saturated rings. The van der Waals surface area contributed by atoms with Crippen molar-refractivity contribution in [1.29, 1.82) is 0 Å². The lowest BCUT2D eigenvalue weighted by molar-refractivity contribution is -0.142. The first-order chi connectivity index (χ1) is 16.8. The number of carbonyl (C=O) groups excluding carboxylic acids is 2. The molecular weight excluding hydrogens is 468 g/mol. The topological polar surface area (TPSA) is 95.9 Å². The predicted octanol–water partition coefficient (Wildman–Crippen LogP) is 5.64. The van der Waals surface area contributed by atoms with E-state index in [2.05, 4.69) is 17.4 Å². The molecule has 0 radical (unpaired) electrons. The first-order valence-corrected chi connectivity index (χ1v) is 11.6. The monoisotopic (exact) mass is 492 g/mol.